The second-order valence-electron chi connectivity index (χ2n) is 7.26. The van der Waals surface area contributed by atoms with Gasteiger partial charge < -0.3 is 20.1 Å². The summed E-state index contributed by atoms with van der Waals surface area (Å²) in [5.41, 5.74) is 3.89. The Balaban J connectivity index is 1.77. The first-order valence-electron chi connectivity index (χ1n) is 10.1. The number of hydrogen-bond donors (Lipinski definition) is 2. The number of benzene rings is 2. The zero-order chi connectivity index (χ0) is 22.0. The molecule has 2 heterocycles. The van der Waals surface area contributed by atoms with Crippen molar-refractivity contribution >= 4 is 17.5 Å². The van der Waals surface area contributed by atoms with Crippen molar-refractivity contribution in [2.75, 3.05) is 24.4 Å². The van der Waals surface area contributed by atoms with E-state index in [1.807, 2.05) is 63.2 Å². The number of nitrogens with one attached hydrogen (secondary N) is 2. The van der Waals surface area contributed by atoms with Gasteiger partial charge in [0.1, 0.15) is 12.4 Å². The van der Waals surface area contributed by atoms with Gasteiger partial charge in [-0.15, -0.1) is 0 Å². The van der Waals surface area contributed by atoms with Crippen molar-refractivity contribution < 1.29 is 14.3 Å². The number of aryl methyl sites for hydroxylation is 1. The van der Waals surface area contributed by atoms with Crippen LogP contribution >= 0.6 is 0 Å². The van der Waals surface area contributed by atoms with Crippen LogP contribution < -0.4 is 20.1 Å². The minimum Gasteiger partial charge on any atom is -0.493 e. The third-order valence-corrected chi connectivity index (χ3v) is 5.12. The van der Waals surface area contributed by atoms with Gasteiger partial charge in [-0.25, -0.2) is 4.68 Å². The summed E-state index contributed by atoms with van der Waals surface area (Å²) < 4.78 is 12.9. The number of amides is 1. The van der Waals surface area contributed by atoms with E-state index >= 15 is 0 Å². The molecule has 8 heteroatoms. The number of nitrogens with zero attached hydrogens (tertiary/aromatic N) is 3. The third-order valence-electron chi connectivity index (χ3n) is 5.12. The molecule has 0 radical (unpaired) electrons. The van der Waals surface area contributed by atoms with Crippen molar-refractivity contribution in [2.45, 2.75) is 26.8 Å². The van der Waals surface area contributed by atoms with E-state index in [1.54, 1.807) is 11.8 Å². The first-order chi connectivity index (χ1) is 15.0. The van der Waals surface area contributed by atoms with Crippen molar-refractivity contribution in [2.24, 2.45) is 0 Å². The van der Waals surface area contributed by atoms with Crippen molar-refractivity contribution in [1.82, 2.24) is 14.8 Å². The van der Waals surface area contributed by atoms with Crippen LogP contribution in [0.2, 0.25) is 0 Å². The molecule has 0 aliphatic carbocycles. The summed E-state index contributed by atoms with van der Waals surface area (Å²) in [6, 6.07) is 12.9. The quantitative estimate of drug-likeness (QED) is 0.629. The predicted molar refractivity (Wildman–Crippen MR) is 118 cm³/mol. The number of carbonyl (C=O) groups is 1. The topological polar surface area (TPSA) is 90.3 Å². The van der Waals surface area contributed by atoms with E-state index in [-0.39, 0.29) is 5.91 Å². The van der Waals surface area contributed by atoms with Crippen LogP contribution in [0.25, 0.3) is 0 Å². The average Bonchev–Trinajstić information content (AvgIpc) is 3.21. The summed E-state index contributed by atoms with van der Waals surface area (Å²) >= 11 is 0. The molecular weight excluding hydrogens is 394 g/mol. The maximum atomic E-state index is 13.4. The summed E-state index contributed by atoms with van der Waals surface area (Å²) in [4.78, 5) is 17.7. The Morgan fingerprint density at radius 3 is 2.77 bits per heavy atom. The normalized spacial score (nSPS) is 15.2. The van der Waals surface area contributed by atoms with Gasteiger partial charge in [-0.3, -0.25) is 4.79 Å². The van der Waals surface area contributed by atoms with E-state index in [0.29, 0.717) is 35.3 Å². The van der Waals surface area contributed by atoms with Gasteiger partial charge in [0.25, 0.3) is 5.91 Å². The number of anilines is 2. The molecule has 0 fully saturated rings. The van der Waals surface area contributed by atoms with E-state index in [1.165, 1.54) is 6.33 Å². The lowest BCUT2D eigenvalue weighted by atomic mass is 9.94. The van der Waals surface area contributed by atoms with Gasteiger partial charge >= 0.3 is 0 Å². The van der Waals surface area contributed by atoms with Crippen LogP contribution in [0.3, 0.4) is 0 Å². The zero-order valence-corrected chi connectivity index (χ0v) is 18.0. The Kier molecular flexibility index (Phi) is 5.62. The fourth-order valence-electron chi connectivity index (χ4n) is 3.74. The van der Waals surface area contributed by atoms with Crippen molar-refractivity contribution in [3.63, 3.8) is 0 Å². The van der Waals surface area contributed by atoms with E-state index < -0.39 is 6.04 Å². The molecule has 2 aromatic carbocycles. The lowest BCUT2D eigenvalue weighted by Crippen LogP contribution is -2.31. The largest absolute Gasteiger partial charge is 0.493 e. The van der Waals surface area contributed by atoms with Crippen molar-refractivity contribution in [3.8, 4) is 11.5 Å². The second kappa shape index (κ2) is 8.51. The molecule has 3 aromatic rings. The number of fused-ring (bicyclic) bond motifs is 1. The monoisotopic (exact) mass is 419 g/mol. The first-order valence-corrected chi connectivity index (χ1v) is 10.1. The maximum absolute atomic E-state index is 13.4. The third kappa shape index (κ3) is 3.96. The highest BCUT2D eigenvalue weighted by atomic mass is 16.5. The summed E-state index contributed by atoms with van der Waals surface area (Å²) in [7, 11) is 1.59. The molecule has 8 nitrogen and oxygen atoms in total. The molecule has 0 saturated heterocycles. The zero-order valence-electron chi connectivity index (χ0n) is 18.0. The highest BCUT2D eigenvalue weighted by molar-refractivity contribution is 6.06. The SMILES string of the molecule is CCOc1ccc(C2C(C(=O)Nc3cccc(C)c3)=C(C)Nc3ncnn32)cc1OC. The Morgan fingerprint density at radius 2 is 2.03 bits per heavy atom. The van der Waals surface area contributed by atoms with E-state index in [4.69, 9.17) is 9.47 Å². The Labute approximate surface area is 180 Å². The molecule has 1 aromatic heterocycles. The van der Waals surface area contributed by atoms with Gasteiger partial charge in [-0.05, 0) is 56.2 Å². The van der Waals surface area contributed by atoms with Crippen molar-refractivity contribution in [1.29, 1.82) is 0 Å². The fraction of sp³-hybridized carbons (Fsp3) is 0.261. The summed E-state index contributed by atoms with van der Waals surface area (Å²) in [5, 5.41) is 10.6. The number of aromatic nitrogens is 3. The number of ether oxygens (including phenoxy) is 2. The number of rotatable bonds is 6. The highest BCUT2D eigenvalue weighted by Gasteiger charge is 2.34. The minimum absolute atomic E-state index is 0.213. The van der Waals surface area contributed by atoms with Gasteiger partial charge in [-0.1, -0.05) is 18.2 Å². The molecule has 0 saturated carbocycles. The minimum atomic E-state index is -0.479. The molecule has 1 amide bonds. The molecule has 31 heavy (non-hydrogen) atoms. The Bertz CT molecular complexity index is 1150. The van der Waals surface area contributed by atoms with Gasteiger partial charge in [0, 0.05) is 11.4 Å². The van der Waals surface area contributed by atoms with Gasteiger partial charge in [-0.2, -0.15) is 10.1 Å². The molecule has 2 N–H and O–H groups in total. The van der Waals surface area contributed by atoms with Gasteiger partial charge in [0.05, 0.1) is 19.3 Å². The molecule has 1 aliphatic heterocycles. The predicted octanol–water partition coefficient (Wildman–Crippen LogP) is 3.92. The highest BCUT2D eigenvalue weighted by Crippen LogP contribution is 2.38. The molecule has 1 atom stereocenters. The molecule has 0 spiro atoms. The lowest BCUT2D eigenvalue weighted by Gasteiger charge is -2.29. The van der Waals surface area contributed by atoms with E-state index in [2.05, 4.69) is 20.7 Å². The van der Waals surface area contributed by atoms with Crippen LogP contribution in [0.15, 0.2) is 60.1 Å². The Morgan fingerprint density at radius 1 is 1.19 bits per heavy atom. The van der Waals surface area contributed by atoms with Crippen LogP contribution in [0, 0.1) is 6.92 Å². The second-order valence-corrected chi connectivity index (χ2v) is 7.26. The molecule has 1 unspecified atom stereocenters. The molecule has 4 rings (SSSR count). The van der Waals surface area contributed by atoms with Crippen LogP contribution in [0.4, 0.5) is 11.6 Å². The van der Waals surface area contributed by atoms with Gasteiger partial charge in [0.15, 0.2) is 11.5 Å². The standard InChI is InChI=1S/C23H25N5O3/c1-5-31-18-10-9-16(12-19(18)30-4)21-20(15(3)26-23-24-13-25-28(21)23)22(29)27-17-8-6-7-14(2)11-17/h6-13,21H,5H2,1-4H3,(H,27,29)(H,24,25,26). The van der Waals surface area contributed by atoms with Crippen LogP contribution in [-0.4, -0.2) is 34.4 Å². The summed E-state index contributed by atoms with van der Waals surface area (Å²) in [6.45, 7) is 6.29. The smallest absolute Gasteiger partial charge is 0.255 e. The van der Waals surface area contributed by atoms with Crippen LogP contribution in [0.1, 0.15) is 31.0 Å². The first kappa shape index (κ1) is 20.5. The number of allylic oxidation sites excluding steroid dienone is 1. The Hall–Kier alpha value is -3.81. The summed E-state index contributed by atoms with van der Waals surface area (Å²) in [6.07, 6.45) is 1.47. The average molecular weight is 419 g/mol. The number of hydrogen-bond acceptors (Lipinski definition) is 6. The molecule has 0 bridgehead atoms. The fourth-order valence-corrected chi connectivity index (χ4v) is 3.74. The maximum Gasteiger partial charge on any atom is 0.255 e. The number of carbonyl (C=O) groups excluding carboxylic acids is 1. The molecule has 1 aliphatic rings. The molecule has 160 valence electrons. The van der Waals surface area contributed by atoms with E-state index in [9.17, 15) is 4.79 Å². The van der Waals surface area contributed by atoms with Crippen LogP contribution in [-0.2, 0) is 4.79 Å². The number of methoxy groups -OCH3 is 1. The molecular formula is C23H25N5O3. The van der Waals surface area contributed by atoms with Crippen molar-refractivity contribution in [3.05, 3.63) is 71.2 Å². The van der Waals surface area contributed by atoms with E-state index in [0.717, 1.165) is 16.8 Å². The van der Waals surface area contributed by atoms with Gasteiger partial charge in [0.2, 0.25) is 5.95 Å². The lowest BCUT2D eigenvalue weighted by molar-refractivity contribution is -0.113. The summed E-state index contributed by atoms with van der Waals surface area (Å²) in [5.74, 6) is 1.60. The van der Waals surface area contributed by atoms with Crippen LogP contribution in [0.5, 0.6) is 11.5 Å².